The summed E-state index contributed by atoms with van der Waals surface area (Å²) in [5, 5.41) is 0. The number of ketones is 1. The highest BCUT2D eigenvalue weighted by atomic mass is 32.2. The van der Waals surface area contributed by atoms with Gasteiger partial charge in [-0.05, 0) is 52.0 Å². The van der Waals surface area contributed by atoms with Gasteiger partial charge in [-0.2, -0.15) is 12.8 Å². The zero-order valence-corrected chi connectivity index (χ0v) is 15.2. The first-order chi connectivity index (χ1) is 11.3. The zero-order valence-electron chi connectivity index (χ0n) is 14.4. The van der Waals surface area contributed by atoms with Gasteiger partial charge in [0.2, 0.25) is 5.78 Å². The Balaban J connectivity index is 2.47. The Morgan fingerprint density at radius 2 is 1.58 bits per heavy atom. The molecule has 1 aliphatic carbocycles. The van der Waals surface area contributed by atoms with Crippen LogP contribution in [-0.2, 0) is 14.8 Å². The van der Waals surface area contributed by atoms with Gasteiger partial charge in [0.1, 0.15) is 0 Å². The van der Waals surface area contributed by atoms with Crippen molar-refractivity contribution < 1.29 is 13.2 Å². The van der Waals surface area contributed by atoms with E-state index in [0.717, 1.165) is 5.56 Å². The second kappa shape index (κ2) is 7.13. The van der Waals surface area contributed by atoms with Crippen molar-refractivity contribution in [3.8, 4) is 0 Å². The number of rotatable bonds is 5. The van der Waals surface area contributed by atoms with Gasteiger partial charge >= 0.3 is 0 Å². The summed E-state index contributed by atoms with van der Waals surface area (Å²) in [6.45, 7) is 8.79. The number of sulfonamides is 1. The van der Waals surface area contributed by atoms with Gasteiger partial charge in [0.15, 0.2) is 0 Å². The van der Waals surface area contributed by atoms with Crippen LogP contribution in [0, 0.1) is 6.92 Å². The topological polar surface area (TPSA) is 66.8 Å². The Labute approximate surface area is 143 Å². The van der Waals surface area contributed by atoms with E-state index in [9.17, 15) is 13.2 Å². The summed E-state index contributed by atoms with van der Waals surface area (Å²) in [4.78, 5) is 14.4. The van der Waals surface area contributed by atoms with Gasteiger partial charge in [-0.1, -0.05) is 17.7 Å². The summed E-state index contributed by atoms with van der Waals surface area (Å²) in [6, 6.07) is 6.54. The minimum atomic E-state index is -3.81. The van der Waals surface area contributed by atoms with E-state index >= 15 is 0 Å². The van der Waals surface area contributed by atoms with Crippen LogP contribution in [0.5, 0.6) is 0 Å². The highest BCUT2D eigenvalue weighted by Gasteiger charge is 2.23. The van der Waals surface area contributed by atoms with Crippen molar-refractivity contribution in [2.45, 2.75) is 32.6 Å². The number of allylic oxidation sites excluding steroid dienone is 3. The van der Waals surface area contributed by atoms with Crippen LogP contribution in [0.15, 0.2) is 57.0 Å². The molecule has 0 N–H and O–H groups in total. The summed E-state index contributed by atoms with van der Waals surface area (Å²) >= 11 is 0. The Morgan fingerprint density at radius 3 is 2.12 bits per heavy atom. The van der Waals surface area contributed by atoms with E-state index in [1.54, 1.807) is 25.1 Å². The molecule has 0 heterocycles. The first-order valence-electron chi connectivity index (χ1n) is 7.89. The molecule has 0 fully saturated rings. The maximum Gasteiger partial charge on any atom is 0.282 e. The number of benzene rings is 1. The number of carbonyl (C=O) groups excluding carboxylic acids is 1. The minimum Gasteiger partial charge on any atom is -0.369 e. The number of aryl methyl sites for hydroxylation is 1. The van der Waals surface area contributed by atoms with Gasteiger partial charge in [-0.3, -0.25) is 4.79 Å². The molecule has 1 aromatic rings. The molecular formula is C18H22N2O3S. The fourth-order valence-corrected chi connectivity index (χ4v) is 3.46. The van der Waals surface area contributed by atoms with Crippen LogP contribution in [0.3, 0.4) is 0 Å². The van der Waals surface area contributed by atoms with Crippen LogP contribution in [0.4, 0.5) is 0 Å². The molecule has 128 valence electrons. The van der Waals surface area contributed by atoms with Gasteiger partial charge < -0.3 is 4.90 Å². The van der Waals surface area contributed by atoms with E-state index in [1.807, 2.05) is 25.7 Å². The lowest BCUT2D eigenvalue weighted by Gasteiger charge is -2.25. The van der Waals surface area contributed by atoms with Gasteiger partial charge in [0.05, 0.1) is 16.3 Å². The van der Waals surface area contributed by atoms with E-state index in [1.165, 1.54) is 18.2 Å². The number of nitrogens with zero attached hydrogens (tertiary/aromatic N) is 2. The average Bonchev–Trinajstić information content (AvgIpc) is 2.53. The molecule has 0 spiro atoms. The predicted octanol–water partition coefficient (Wildman–Crippen LogP) is 2.88. The maximum absolute atomic E-state index is 12.5. The molecule has 0 aromatic heterocycles. The second-order valence-electron chi connectivity index (χ2n) is 5.66. The molecule has 0 unspecified atom stereocenters. The summed E-state index contributed by atoms with van der Waals surface area (Å²) < 4.78 is 28.9. The van der Waals surface area contributed by atoms with Crippen molar-refractivity contribution in [2.24, 2.45) is 4.40 Å². The highest BCUT2D eigenvalue weighted by molar-refractivity contribution is 7.90. The molecule has 2 rings (SSSR count). The van der Waals surface area contributed by atoms with Crippen molar-refractivity contribution >= 4 is 21.5 Å². The fourth-order valence-electron chi connectivity index (χ4n) is 2.49. The van der Waals surface area contributed by atoms with Crippen molar-refractivity contribution in [1.29, 1.82) is 0 Å². The highest BCUT2D eigenvalue weighted by Crippen LogP contribution is 2.19. The quantitative estimate of drug-likeness (QED) is 0.769. The van der Waals surface area contributed by atoms with E-state index in [4.69, 9.17) is 0 Å². The van der Waals surface area contributed by atoms with Crippen LogP contribution in [0.1, 0.15) is 26.3 Å². The van der Waals surface area contributed by atoms with E-state index < -0.39 is 10.0 Å². The number of hydrogen-bond acceptors (Lipinski definition) is 4. The van der Waals surface area contributed by atoms with Crippen LogP contribution in [-0.4, -0.2) is 37.9 Å². The molecule has 24 heavy (non-hydrogen) atoms. The van der Waals surface area contributed by atoms with Crippen molar-refractivity contribution in [1.82, 2.24) is 4.90 Å². The third kappa shape index (κ3) is 3.82. The number of likely N-dealkylation sites (N-methyl/N-ethyl adjacent to an activating group) is 1. The number of hydrogen-bond donors (Lipinski definition) is 0. The molecule has 0 saturated carbocycles. The summed E-state index contributed by atoms with van der Waals surface area (Å²) in [7, 11) is -3.81. The summed E-state index contributed by atoms with van der Waals surface area (Å²) in [5.74, 6) is -0.0922. The Hall–Kier alpha value is -2.21. The number of carbonyl (C=O) groups is 1. The molecule has 0 radical (unpaired) electrons. The molecule has 1 aliphatic rings. The molecular weight excluding hydrogens is 324 g/mol. The van der Waals surface area contributed by atoms with Crippen LogP contribution >= 0.6 is 0 Å². The lowest BCUT2D eigenvalue weighted by Crippen LogP contribution is -2.30. The second-order valence-corrected chi connectivity index (χ2v) is 7.27. The Kier molecular flexibility index (Phi) is 5.39. The average molecular weight is 346 g/mol. The lowest BCUT2D eigenvalue weighted by atomic mass is 10.0. The van der Waals surface area contributed by atoms with Crippen LogP contribution in [0.2, 0.25) is 0 Å². The van der Waals surface area contributed by atoms with Gasteiger partial charge in [0, 0.05) is 18.7 Å². The molecule has 0 atom stereocenters. The predicted molar refractivity (Wildman–Crippen MR) is 95.6 cm³/mol. The number of Topliss-reactive ketones (excluding diaryl/α,β-unsaturated/α-hetero) is 1. The molecule has 0 aliphatic heterocycles. The zero-order chi connectivity index (χ0) is 17.9. The van der Waals surface area contributed by atoms with Crippen LogP contribution < -0.4 is 0 Å². The summed E-state index contributed by atoms with van der Waals surface area (Å²) in [6.07, 6.45) is 3.06. The SMILES string of the molecule is CCN(CC)C1=CC(=NS(=O)(=O)c2ccc(C)cc2)C=C(C)C1=O. The monoisotopic (exact) mass is 346 g/mol. The standard InChI is InChI=1S/C18H22N2O3S/c1-5-20(6-2)17-12-15(11-14(4)18(17)21)19-24(22,23)16-9-7-13(3)8-10-16/h7-12H,5-6H2,1-4H3. The van der Waals surface area contributed by atoms with Gasteiger partial charge in [-0.15, -0.1) is 0 Å². The van der Waals surface area contributed by atoms with Crippen molar-refractivity contribution in [2.75, 3.05) is 13.1 Å². The largest absolute Gasteiger partial charge is 0.369 e. The Morgan fingerprint density at radius 1 is 1.00 bits per heavy atom. The minimum absolute atomic E-state index is 0.0922. The van der Waals surface area contributed by atoms with Crippen molar-refractivity contribution in [3.63, 3.8) is 0 Å². The molecule has 0 saturated heterocycles. The van der Waals surface area contributed by atoms with Crippen molar-refractivity contribution in [3.05, 3.63) is 53.3 Å². The normalized spacial score (nSPS) is 16.8. The smallest absolute Gasteiger partial charge is 0.282 e. The molecule has 1 aromatic carbocycles. The molecule has 0 amide bonds. The van der Waals surface area contributed by atoms with Gasteiger partial charge in [0.25, 0.3) is 10.0 Å². The molecule has 5 nitrogen and oxygen atoms in total. The van der Waals surface area contributed by atoms with E-state index in [2.05, 4.69) is 4.40 Å². The van der Waals surface area contributed by atoms with Crippen LogP contribution in [0.25, 0.3) is 0 Å². The molecule has 0 bridgehead atoms. The fraction of sp³-hybridized carbons (Fsp3) is 0.333. The van der Waals surface area contributed by atoms with E-state index in [0.29, 0.717) is 24.4 Å². The Bertz CT molecular complexity index is 828. The van der Waals surface area contributed by atoms with Gasteiger partial charge in [-0.25, -0.2) is 0 Å². The first-order valence-corrected chi connectivity index (χ1v) is 9.33. The third-order valence-electron chi connectivity index (χ3n) is 3.89. The first kappa shape index (κ1) is 18.1. The third-order valence-corrected chi connectivity index (χ3v) is 5.21. The summed E-state index contributed by atoms with van der Waals surface area (Å²) in [5.41, 5.74) is 2.22. The van der Waals surface area contributed by atoms with E-state index in [-0.39, 0.29) is 16.4 Å². The molecule has 6 heteroatoms. The maximum atomic E-state index is 12.5. The lowest BCUT2D eigenvalue weighted by molar-refractivity contribution is -0.113.